The van der Waals surface area contributed by atoms with Crippen LogP contribution in [0.25, 0.3) is 0 Å². The number of nitrogens with zero attached hydrogens (tertiary/aromatic N) is 1. The lowest BCUT2D eigenvalue weighted by atomic mass is 10.0. The van der Waals surface area contributed by atoms with E-state index in [1.54, 1.807) is 12.5 Å². The van der Waals surface area contributed by atoms with Crippen LogP contribution in [0, 0.1) is 0 Å². The van der Waals surface area contributed by atoms with Crippen molar-refractivity contribution in [3.63, 3.8) is 0 Å². The number of hydrogen-bond donors (Lipinski definition) is 1. The van der Waals surface area contributed by atoms with Crippen molar-refractivity contribution in [2.75, 3.05) is 19.8 Å². The minimum Gasteiger partial charge on any atom is -0.486 e. The van der Waals surface area contributed by atoms with E-state index in [1.807, 2.05) is 29.2 Å². The number of carbonyl (C=O) groups is 1. The van der Waals surface area contributed by atoms with Gasteiger partial charge in [-0.15, -0.1) is 0 Å². The quantitative estimate of drug-likeness (QED) is 0.940. The van der Waals surface area contributed by atoms with Gasteiger partial charge in [-0.2, -0.15) is 0 Å². The number of furan rings is 1. The van der Waals surface area contributed by atoms with Crippen molar-refractivity contribution < 1.29 is 18.7 Å². The van der Waals surface area contributed by atoms with Gasteiger partial charge in [0.2, 0.25) is 0 Å². The van der Waals surface area contributed by atoms with Crippen molar-refractivity contribution in [3.8, 4) is 11.5 Å². The van der Waals surface area contributed by atoms with Gasteiger partial charge in [-0.25, -0.2) is 4.79 Å². The van der Waals surface area contributed by atoms with Gasteiger partial charge in [0.15, 0.2) is 11.5 Å². The number of ether oxygens (including phenoxy) is 2. The molecule has 2 aromatic rings. The molecule has 2 aliphatic heterocycles. The number of carbonyl (C=O) groups excluding carboxylic acids is 1. The number of nitrogens with one attached hydrogen (secondary N) is 1. The lowest BCUT2D eigenvalue weighted by Crippen LogP contribution is -2.39. The van der Waals surface area contributed by atoms with Gasteiger partial charge >= 0.3 is 6.03 Å². The maximum Gasteiger partial charge on any atom is 0.318 e. The number of rotatable bonds is 3. The van der Waals surface area contributed by atoms with Crippen LogP contribution in [-0.2, 0) is 6.54 Å². The molecule has 2 aliphatic rings. The smallest absolute Gasteiger partial charge is 0.318 e. The van der Waals surface area contributed by atoms with Crippen LogP contribution in [0.5, 0.6) is 11.5 Å². The number of urea groups is 1. The predicted molar refractivity (Wildman–Crippen MR) is 87.1 cm³/mol. The summed E-state index contributed by atoms with van der Waals surface area (Å²) in [6.07, 6.45) is 5.20. The molecule has 1 aromatic carbocycles. The Kier molecular flexibility index (Phi) is 4.02. The third-order valence-corrected chi connectivity index (χ3v) is 4.49. The fourth-order valence-corrected chi connectivity index (χ4v) is 3.30. The molecule has 6 nitrogen and oxygen atoms in total. The molecule has 1 atom stereocenters. The maximum atomic E-state index is 12.5. The molecular formula is C18H20N2O4. The Balaban J connectivity index is 1.47. The fraction of sp³-hybridized carbons (Fsp3) is 0.389. The second-order valence-electron chi connectivity index (χ2n) is 6.04. The van der Waals surface area contributed by atoms with E-state index in [-0.39, 0.29) is 12.1 Å². The Morgan fingerprint density at radius 2 is 2.08 bits per heavy atom. The number of benzene rings is 1. The summed E-state index contributed by atoms with van der Waals surface area (Å²) in [5, 5.41) is 2.96. The Labute approximate surface area is 140 Å². The Morgan fingerprint density at radius 3 is 2.92 bits per heavy atom. The topological polar surface area (TPSA) is 63.9 Å². The van der Waals surface area contributed by atoms with E-state index in [4.69, 9.17) is 13.9 Å². The summed E-state index contributed by atoms with van der Waals surface area (Å²) < 4.78 is 16.3. The minimum atomic E-state index is -0.0476. The number of amides is 2. The van der Waals surface area contributed by atoms with Gasteiger partial charge in [0.25, 0.3) is 0 Å². The Bertz CT molecular complexity index is 714. The molecule has 0 saturated carbocycles. The van der Waals surface area contributed by atoms with Crippen molar-refractivity contribution in [2.45, 2.75) is 25.4 Å². The van der Waals surface area contributed by atoms with Crippen LogP contribution < -0.4 is 14.8 Å². The lowest BCUT2D eigenvalue weighted by Gasteiger charge is -2.26. The van der Waals surface area contributed by atoms with Crippen molar-refractivity contribution in [3.05, 3.63) is 47.9 Å². The normalized spacial score (nSPS) is 19.3. The molecule has 0 aliphatic carbocycles. The summed E-state index contributed by atoms with van der Waals surface area (Å²) in [6, 6.07) is 7.84. The molecule has 1 fully saturated rings. The predicted octanol–water partition coefficient (Wildman–Crippen LogP) is 3.10. The standard InChI is InChI=1S/C18H20N2O4/c21-18(19-11-13-5-7-22-12-13)20-6-1-2-15(20)14-3-4-16-17(10-14)24-9-8-23-16/h3-5,7,10,12,15H,1-2,6,8-9,11H2,(H,19,21)/t15-/m1/s1. The van der Waals surface area contributed by atoms with Crippen molar-refractivity contribution in [1.29, 1.82) is 0 Å². The largest absolute Gasteiger partial charge is 0.486 e. The van der Waals surface area contributed by atoms with Crippen molar-refractivity contribution in [2.24, 2.45) is 0 Å². The molecule has 0 radical (unpaired) electrons. The van der Waals surface area contributed by atoms with Crippen molar-refractivity contribution in [1.82, 2.24) is 10.2 Å². The number of likely N-dealkylation sites (tertiary alicyclic amines) is 1. The molecular weight excluding hydrogens is 308 g/mol. The number of hydrogen-bond acceptors (Lipinski definition) is 4. The zero-order valence-corrected chi connectivity index (χ0v) is 13.4. The van der Waals surface area contributed by atoms with E-state index in [9.17, 15) is 4.79 Å². The monoisotopic (exact) mass is 328 g/mol. The van der Waals surface area contributed by atoms with Crippen molar-refractivity contribution >= 4 is 6.03 Å². The van der Waals surface area contributed by atoms with Crippen LogP contribution in [0.3, 0.4) is 0 Å². The molecule has 1 N–H and O–H groups in total. The van der Waals surface area contributed by atoms with Gasteiger partial charge in [0.1, 0.15) is 13.2 Å². The molecule has 3 heterocycles. The highest BCUT2D eigenvalue weighted by molar-refractivity contribution is 5.75. The second-order valence-corrected chi connectivity index (χ2v) is 6.04. The van der Waals surface area contributed by atoms with Gasteiger partial charge in [-0.3, -0.25) is 0 Å². The first kappa shape index (κ1) is 14.9. The van der Waals surface area contributed by atoms with Crippen LogP contribution in [-0.4, -0.2) is 30.7 Å². The summed E-state index contributed by atoms with van der Waals surface area (Å²) in [4.78, 5) is 14.4. The lowest BCUT2D eigenvalue weighted by molar-refractivity contribution is 0.170. The molecule has 0 spiro atoms. The molecule has 0 bridgehead atoms. The SMILES string of the molecule is O=C(NCc1ccoc1)N1CCC[C@@H]1c1ccc2c(c1)OCCO2. The first-order valence-electron chi connectivity index (χ1n) is 8.26. The van der Waals surface area contributed by atoms with E-state index in [2.05, 4.69) is 5.32 Å². The molecule has 2 amide bonds. The average molecular weight is 328 g/mol. The van der Waals surface area contributed by atoms with Crippen LogP contribution >= 0.6 is 0 Å². The fourth-order valence-electron chi connectivity index (χ4n) is 3.30. The van der Waals surface area contributed by atoms with E-state index in [1.165, 1.54) is 0 Å². The molecule has 126 valence electrons. The van der Waals surface area contributed by atoms with Crippen LogP contribution in [0.2, 0.25) is 0 Å². The minimum absolute atomic E-state index is 0.0476. The highest BCUT2D eigenvalue weighted by Crippen LogP contribution is 2.38. The van der Waals surface area contributed by atoms with Crippen LogP contribution in [0.1, 0.15) is 30.0 Å². The average Bonchev–Trinajstić information content (AvgIpc) is 3.31. The van der Waals surface area contributed by atoms with E-state index in [0.29, 0.717) is 19.8 Å². The van der Waals surface area contributed by atoms with Gasteiger partial charge in [-0.05, 0) is 36.6 Å². The maximum absolute atomic E-state index is 12.5. The van der Waals surface area contributed by atoms with Crippen LogP contribution in [0.15, 0.2) is 41.2 Å². The molecule has 0 unspecified atom stereocenters. The van der Waals surface area contributed by atoms with Gasteiger partial charge in [0.05, 0.1) is 18.6 Å². The molecule has 1 aromatic heterocycles. The first-order chi connectivity index (χ1) is 11.8. The summed E-state index contributed by atoms with van der Waals surface area (Å²) in [6.45, 7) is 2.38. The van der Waals surface area contributed by atoms with E-state index >= 15 is 0 Å². The van der Waals surface area contributed by atoms with E-state index in [0.717, 1.165) is 42.0 Å². The second kappa shape index (κ2) is 6.47. The first-order valence-corrected chi connectivity index (χ1v) is 8.26. The Morgan fingerprint density at radius 1 is 1.21 bits per heavy atom. The zero-order valence-electron chi connectivity index (χ0n) is 13.4. The molecule has 24 heavy (non-hydrogen) atoms. The van der Waals surface area contributed by atoms with E-state index < -0.39 is 0 Å². The van der Waals surface area contributed by atoms with Gasteiger partial charge in [0, 0.05) is 18.7 Å². The third kappa shape index (κ3) is 2.91. The van der Waals surface area contributed by atoms with Crippen LogP contribution in [0.4, 0.5) is 4.79 Å². The molecule has 1 saturated heterocycles. The summed E-state index contributed by atoms with van der Waals surface area (Å²) >= 11 is 0. The number of fused-ring (bicyclic) bond motifs is 1. The highest BCUT2D eigenvalue weighted by Gasteiger charge is 2.30. The summed E-state index contributed by atoms with van der Waals surface area (Å²) in [7, 11) is 0. The molecule has 4 rings (SSSR count). The summed E-state index contributed by atoms with van der Waals surface area (Å²) in [5.74, 6) is 1.54. The van der Waals surface area contributed by atoms with Gasteiger partial charge < -0.3 is 24.1 Å². The zero-order chi connectivity index (χ0) is 16.4. The molecule has 6 heteroatoms. The third-order valence-electron chi connectivity index (χ3n) is 4.49. The summed E-state index contributed by atoms with van der Waals surface area (Å²) in [5.41, 5.74) is 2.05. The van der Waals surface area contributed by atoms with Gasteiger partial charge in [-0.1, -0.05) is 6.07 Å². The highest BCUT2D eigenvalue weighted by atomic mass is 16.6. The Hall–Kier alpha value is -2.63.